The van der Waals surface area contributed by atoms with E-state index in [2.05, 4.69) is 0 Å². The van der Waals surface area contributed by atoms with Gasteiger partial charge in [0.2, 0.25) is 0 Å². The summed E-state index contributed by atoms with van der Waals surface area (Å²) in [5.41, 5.74) is 0. The van der Waals surface area contributed by atoms with E-state index < -0.39 is 0 Å². The molecule has 0 rings (SSSR count). The fraction of sp³-hybridized carbons (Fsp3) is 0. The van der Waals surface area contributed by atoms with Crippen LogP contribution in [0.2, 0.25) is 0 Å². The Bertz CT molecular complexity index is 25.8. The molecule has 0 atom stereocenters. The average molecular weight is 570 g/mol. The fourth-order valence-corrected chi connectivity index (χ4v) is 0. The molecule has 0 aromatic rings. The minimum atomic E-state index is 0. The minimum Gasteiger partial charge on any atom is -3.00 e. The minimum absolute atomic E-state index is 0. The van der Waals surface area contributed by atoms with Gasteiger partial charge in [0.15, 0.2) is 0 Å². The third kappa shape index (κ3) is 145. The molecule has 4 nitrogen and oxygen atoms in total. The van der Waals surface area contributed by atoms with E-state index in [-0.39, 0.29) is 201 Å². The van der Waals surface area contributed by atoms with Crippen LogP contribution in [0.4, 0.5) is 0 Å². The van der Waals surface area contributed by atoms with Gasteiger partial charge in [-0.25, -0.2) is 0 Å². The second-order valence-corrected chi connectivity index (χ2v) is 0. The van der Waals surface area contributed by atoms with Gasteiger partial charge in [0.1, 0.15) is 0 Å². The molecule has 0 radical (unpaired) electrons. The molecule has 0 heterocycles. The van der Waals surface area contributed by atoms with Crippen molar-refractivity contribution in [2.75, 3.05) is 0 Å². The molecule has 0 N–H and O–H groups in total. The summed E-state index contributed by atoms with van der Waals surface area (Å²) in [7, 11) is 0. The molecule has 0 aliphatic heterocycles. The van der Waals surface area contributed by atoms with Crippen molar-refractivity contribution in [1.82, 2.24) is 0 Å². The van der Waals surface area contributed by atoms with Gasteiger partial charge in [-0.3, -0.25) is 0 Å². The van der Waals surface area contributed by atoms with Crippen molar-refractivity contribution in [2.24, 2.45) is 0 Å². The molecule has 0 saturated carbocycles. The number of rotatable bonds is 0. The molecular formula is H12N4Si3Ti3Zr3. The van der Waals surface area contributed by atoms with E-state index in [9.17, 15) is 0 Å². The second-order valence-electron chi connectivity index (χ2n) is 0. The van der Waals surface area contributed by atoms with Crippen LogP contribution in [-0.4, -0.2) is 32.9 Å². The molecule has 0 saturated heterocycles. The van der Waals surface area contributed by atoms with Crippen LogP contribution in [0.25, 0.3) is 24.6 Å². The number of nitrogens with zero attached hydrogens (tertiary/aromatic N) is 4. The van der Waals surface area contributed by atoms with Crippen molar-refractivity contribution in [1.29, 1.82) is 0 Å². The first-order valence-corrected chi connectivity index (χ1v) is 0. The van der Waals surface area contributed by atoms with Crippen LogP contribution < -0.4 is 0 Å². The van der Waals surface area contributed by atoms with Crippen molar-refractivity contribution < 1.29 is 144 Å². The summed E-state index contributed by atoms with van der Waals surface area (Å²) in [6, 6.07) is 0. The van der Waals surface area contributed by atoms with Crippen LogP contribution in [0.1, 0.15) is 0 Å². The summed E-state index contributed by atoms with van der Waals surface area (Å²) >= 11 is 0. The first kappa shape index (κ1) is 196. The van der Waals surface area contributed by atoms with Gasteiger partial charge in [-0.1, -0.05) is 0 Å². The zero-order valence-electron chi connectivity index (χ0n) is 4.79. The molecule has 0 aliphatic carbocycles. The standard InChI is InChI=1S/4N.3H4Si.3Ti.3Zr/h;;;;3*1H4;;;;;;/q4*-3;;;;;;;3*+4. The zero-order valence-corrected chi connectivity index (χ0v) is 16.8. The topological polar surface area (TPSA) is 122 Å². The van der Waals surface area contributed by atoms with Crippen molar-refractivity contribution >= 4 is 32.9 Å². The van der Waals surface area contributed by atoms with Gasteiger partial charge in [-0.15, -0.1) is 0 Å². The Balaban J connectivity index is 0. The van der Waals surface area contributed by atoms with E-state index in [1.807, 2.05) is 0 Å². The molecule has 0 bridgehead atoms. The van der Waals surface area contributed by atoms with Gasteiger partial charge in [-0.2, -0.15) is 0 Å². The zero-order chi connectivity index (χ0) is 0. The summed E-state index contributed by atoms with van der Waals surface area (Å²) in [6.45, 7) is 0. The summed E-state index contributed by atoms with van der Waals surface area (Å²) < 4.78 is 0. The molecule has 68 valence electrons. The van der Waals surface area contributed by atoms with E-state index in [0.717, 1.165) is 0 Å². The van der Waals surface area contributed by atoms with Crippen molar-refractivity contribution in [3.05, 3.63) is 24.6 Å². The van der Waals surface area contributed by atoms with E-state index in [4.69, 9.17) is 0 Å². The van der Waals surface area contributed by atoms with E-state index in [1.165, 1.54) is 0 Å². The van der Waals surface area contributed by atoms with Crippen molar-refractivity contribution in [3.63, 3.8) is 0 Å². The van der Waals surface area contributed by atoms with Crippen LogP contribution in [0.3, 0.4) is 0 Å². The van der Waals surface area contributed by atoms with Crippen molar-refractivity contribution in [2.45, 2.75) is 0 Å². The fourth-order valence-electron chi connectivity index (χ4n) is 0. The SMILES string of the molecule is [N-3].[N-3].[N-3].[N-3].[SiH4].[SiH4].[SiH4].[Ti].[Ti].[Ti].[Zr+4].[Zr+4].[Zr+4]. The largest absolute Gasteiger partial charge is 4.00 e. The third-order valence-corrected chi connectivity index (χ3v) is 0. The van der Waals surface area contributed by atoms with Gasteiger partial charge >= 0.3 is 78.6 Å². The molecule has 0 fully saturated rings. The molecule has 0 unspecified atom stereocenters. The van der Waals surface area contributed by atoms with Gasteiger partial charge in [0, 0.05) is 65.2 Å². The third-order valence-electron chi connectivity index (χ3n) is 0. The first-order chi connectivity index (χ1) is 0. The maximum atomic E-state index is 0. The van der Waals surface area contributed by atoms with E-state index in [0.29, 0.717) is 0 Å². The maximum Gasteiger partial charge on any atom is 4.00 e. The number of hydrogen-bond acceptors (Lipinski definition) is 0. The van der Waals surface area contributed by atoms with Crippen molar-refractivity contribution in [3.8, 4) is 0 Å². The Labute approximate surface area is 197 Å². The van der Waals surface area contributed by atoms with Crippen LogP contribution in [-0.2, 0) is 144 Å². The predicted octanol–water partition coefficient (Wildman–Crippen LogP) is -3.22. The Morgan fingerprint density at radius 1 is 0.308 bits per heavy atom. The molecular weight excluding hydrogens is 558 g/mol. The molecule has 13 heteroatoms. The van der Waals surface area contributed by atoms with Crippen LogP contribution in [0, 0.1) is 0 Å². The molecule has 0 aromatic heterocycles. The van der Waals surface area contributed by atoms with Gasteiger partial charge in [0.05, 0.1) is 0 Å². The van der Waals surface area contributed by atoms with Gasteiger partial charge in [-0.05, 0) is 32.9 Å². The summed E-state index contributed by atoms with van der Waals surface area (Å²) in [5, 5.41) is 0. The summed E-state index contributed by atoms with van der Waals surface area (Å²) in [5.74, 6) is 0. The summed E-state index contributed by atoms with van der Waals surface area (Å²) in [6.07, 6.45) is 0. The maximum absolute atomic E-state index is 0. The number of hydrogen-bond donors (Lipinski definition) is 0. The van der Waals surface area contributed by atoms with Gasteiger partial charge in [0.25, 0.3) is 0 Å². The Morgan fingerprint density at radius 2 is 0.308 bits per heavy atom. The molecule has 0 aromatic carbocycles. The predicted molar refractivity (Wildman–Crippen MR) is 47.4 cm³/mol. The molecule has 0 amide bonds. The Morgan fingerprint density at radius 3 is 0.308 bits per heavy atom. The van der Waals surface area contributed by atoms with Crippen LogP contribution >= 0.6 is 0 Å². The summed E-state index contributed by atoms with van der Waals surface area (Å²) in [4.78, 5) is 0. The monoisotopic (exact) mass is 566 g/mol. The normalized spacial score (nSPS) is 0. The Hall–Kier alpha value is 5.28. The van der Waals surface area contributed by atoms with E-state index >= 15 is 0 Å². The molecule has 0 spiro atoms. The molecule has 13 heavy (non-hydrogen) atoms. The second kappa shape index (κ2) is 164. The van der Waals surface area contributed by atoms with E-state index in [1.54, 1.807) is 0 Å². The van der Waals surface area contributed by atoms with Gasteiger partial charge < -0.3 is 24.6 Å². The first-order valence-electron chi connectivity index (χ1n) is 0. The Kier molecular flexibility index (Phi) is 2470. The molecule has 0 aliphatic rings. The quantitative estimate of drug-likeness (QED) is 0.273. The average Bonchev–Trinajstić information content (AvgIpc) is 0. The smallest absolute Gasteiger partial charge is 3.00 e. The van der Waals surface area contributed by atoms with Crippen LogP contribution in [0.15, 0.2) is 0 Å². The van der Waals surface area contributed by atoms with Crippen LogP contribution in [0.5, 0.6) is 0 Å².